The predicted molar refractivity (Wildman–Crippen MR) is 110 cm³/mol. The molecule has 0 saturated carbocycles. The largest absolute Gasteiger partial charge is 0.490 e. The van der Waals surface area contributed by atoms with Crippen molar-refractivity contribution in [2.45, 2.75) is 19.5 Å². The second-order valence-corrected chi connectivity index (χ2v) is 6.97. The van der Waals surface area contributed by atoms with Gasteiger partial charge in [0, 0.05) is 24.7 Å². The van der Waals surface area contributed by atoms with Crippen molar-refractivity contribution >= 4 is 11.6 Å². The summed E-state index contributed by atoms with van der Waals surface area (Å²) in [5, 5.41) is 2.96. The van der Waals surface area contributed by atoms with E-state index < -0.39 is 0 Å². The highest BCUT2D eigenvalue weighted by molar-refractivity contribution is 5.92. The number of nitrogens with one attached hydrogen (secondary N) is 1. The van der Waals surface area contributed by atoms with Gasteiger partial charge in [-0.2, -0.15) is 0 Å². The molecule has 0 spiro atoms. The van der Waals surface area contributed by atoms with E-state index >= 15 is 0 Å². The van der Waals surface area contributed by atoms with Gasteiger partial charge in [-0.25, -0.2) is 0 Å². The van der Waals surface area contributed by atoms with E-state index in [2.05, 4.69) is 17.4 Å². The fourth-order valence-electron chi connectivity index (χ4n) is 3.28. The summed E-state index contributed by atoms with van der Waals surface area (Å²) in [4.78, 5) is 14.8. The first-order valence-electron chi connectivity index (χ1n) is 9.74. The molecule has 4 rings (SSSR count). The minimum atomic E-state index is -0.0954. The van der Waals surface area contributed by atoms with Crippen molar-refractivity contribution < 1.29 is 18.7 Å². The number of amides is 1. The molecule has 150 valence electrons. The molecule has 0 atom stereocenters. The molecule has 2 aromatic carbocycles. The molecule has 29 heavy (non-hydrogen) atoms. The smallest absolute Gasteiger partial charge is 0.238 e. The lowest BCUT2D eigenvalue weighted by atomic mass is 10.2. The van der Waals surface area contributed by atoms with Crippen LogP contribution in [0.3, 0.4) is 0 Å². The van der Waals surface area contributed by atoms with Gasteiger partial charge in [-0.15, -0.1) is 0 Å². The van der Waals surface area contributed by atoms with Crippen molar-refractivity contribution in [2.24, 2.45) is 0 Å². The van der Waals surface area contributed by atoms with Gasteiger partial charge >= 0.3 is 0 Å². The first-order chi connectivity index (χ1) is 14.3. The number of fused-ring (bicyclic) bond motifs is 1. The number of hydrogen-bond acceptors (Lipinski definition) is 5. The molecule has 6 nitrogen and oxygen atoms in total. The Bertz CT molecular complexity index is 925. The second-order valence-electron chi connectivity index (χ2n) is 6.97. The quantitative estimate of drug-likeness (QED) is 0.656. The molecule has 0 saturated heterocycles. The molecule has 6 heteroatoms. The van der Waals surface area contributed by atoms with Crippen LogP contribution < -0.4 is 14.8 Å². The van der Waals surface area contributed by atoms with Gasteiger partial charge in [0.2, 0.25) is 5.91 Å². The van der Waals surface area contributed by atoms with Gasteiger partial charge in [-0.1, -0.05) is 30.3 Å². The molecule has 1 N–H and O–H groups in total. The predicted octanol–water partition coefficient (Wildman–Crippen LogP) is 4.08. The Morgan fingerprint density at radius 2 is 1.76 bits per heavy atom. The number of hydrogen-bond donors (Lipinski definition) is 1. The molecule has 2 heterocycles. The third-order valence-corrected chi connectivity index (χ3v) is 4.61. The molecule has 0 bridgehead atoms. The van der Waals surface area contributed by atoms with Crippen LogP contribution in [0.4, 0.5) is 5.69 Å². The number of carbonyl (C=O) groups excluding carboxylic acids is 1. The second kappa shape index (κ2) is 9.30. The third kappa shape index (κ3) is 5.39. The van der Waals surface area contributed by atoms with Crippen molar-refractivity contribution in [3.8, 4) is 11.5 Å². The number of ether oxygens (including phenoxy) is 2. The summed E-state index contributed by atoms with van der Waals surface area (Å²) >= 11 is 0. The van der Waals surface area contributed by atoms with E-state index in [1.807, 2.05) is 53.4 Å². The summed E-state index contributed by atoms with van der Waals surface area (Å²) in [5.74, 6) is 2.10. The van der Waals surface area contributed by atoms with Crippen LogP contribution in [0.5, 0.6) is 11.5 Å². The average molecular weight is 392 g/mol. The fourth-order valence-corrected chi connectivity index (χ4v) is 3.28. The van der Waals surface area contributed by atoms with Crippen molar-refractivity contribution in [3.63, 3.8) is 0 Å². The number of carbonyl (C=O) groups is 1. The molecule has 0 radical (unpaired) electrons. The molecule has 0 unspecified atom stereocenters. The first kappa shape index (κ1) is 19.1. The lowest BCUT2D eigenvalue weighted by molar-refractivity contribution is -0.117. The number of furan rings is 1. The zero-order valence-electron chi connectivity index (χ0n) is 16.2. The summed E-state index contributed by atoms with van der Waals surface area (Å²) in [6.07, 6.45) is 2.49. The standard InChI is InChI=1S/C23H24N2O4/c26-23(24-19-9-10-21-22(14-19)29-13-5-12-28-21)17-25(16-20-8-4-11-27-20)15-18-6-2-1-3-7-18/h1-4,6-11,14H,5,12-13,15-17H2,(H,24,26). The van der Waals surface area contributed by atoms with Crippen LogP contribution in [0.1, 0.15) is 17.7 Å². The van der Waals surface area contributed by atoms with Crippen LogP contribution in [-0.4, -0.2) is 30.6 Å². The minimum absolute atomic E-state index is 0.0954. The maximum Gasteiger partial charge on any atom is 0.238 e. The first-order valence-corrected chi connectivity index (χ1v) is 9.74. The van der Waals surface area contributed by atoms with E-state index in [1.165, 1.54) is 0 Å². The normalized spacial score (nSPS) is 13.1. The Morgan fingerprint density at radius 1 is 0.931 bits per heavy atom. The Hall–Kier alpha value is -3.25. The summed E-state index contributed by atoms with van der Waals surface area (Å²) in [6, 6.07) is 19.3. The molecule has 3 aromatic rings. The van der Waals surface area contributed by atoms with E-state index in [1.54, 1.807) is 6.26 Å². The molecule has 0 fully saturated rings. The number of benzene rings is 2. The van der Waals surface area contributed by atoms with Gasteiger partial charge in [0.05, 0.1) is 32.6 Å². The van der Waals surface area contributed by atoms with Crippen LogP contribution >= 0.6 is 0 Å². The van der Waals surface area contributed by atoms with Gasteiger partial charge in [0.15, 0.2) is 11.5 Å². The van der Waals surface area contributed by atoms with Gasteiger partial charge in [-0.05, 0) is 29.8 Å². The highest BCUT2D eigenvalue weighted by Gasteiger charge is 2.16. The summed E-state index contributed by atoms with van der Waals surface area (Å²) in [6.45, 7) is 2.69. The third-order valence-electron chi connectivity index (χ3n) is 4.61. The van der Waals surface area contributed by atoms with Crippen molar-refractivity contribution in [2.75, 3.05) is 25.1 Å². The zero-order valence-corrected chi connectivity index (χ0v) is 16.2. The highest BCUT2D eigenvalue weighted by atomic mass is 16.5. The number of anilines is 1. The SMILES string of the molecule is O=C(CN(Cc1ccccc1)Cc1ccco1)Nc1ccc2c(c1)OCCCO2. The Kier molecular flexibility index (Phi) is 6.12. The maximum absolute atomic E-state index is 12.7. The molecule has 1 aromatic heterocycles. The fraction of sp³-hybridized carbons (Fsp3) is 0.261. The highest BCUT2D eigenvalue weighted by Crippen LogP contribution is 2.32. The lowest BCUT2D eigenvalue weighted by Gasteiger charge is -2.21. The molecular weight excluding hydrogens is 368 g/mol. The zero-order chi connectivity index (χ0) is 19.9. The van der Waals surface area contributed by atoms with Gasteiger partial charge < -0.3 is 19.2 Å². The summed E-state index contributed by atoms with van der Waals surface area (Å²) in [5.41, 5.74) is 1.83. The lowest BCUT2D eigenvalue weighted by Crippen LogP contribution is -2.32. The monoisotopic (exact) mass is 392 g/mol. The topological polar surface area (TPSA) is 63.9 Å². The Balaban J connectivity index is 1.42. The van der Waals surface area contributed by atoms with E-state index in [9.17, 15) is 4.79 Å². The molecule has 0 aliphatic carbocycles. The Morgan fingerprint density at radius 3 is 2.55 bits per heavy atom. The van der Waals surface area contributed by atoms with E-state index in [0.717, 1.165) is 17.7 Å². The van der Waals surface area contributed by atoms with Gasteiger partial charge in [0.1, 0.15) is 5.76 Å². The summed E-state index contributed by atoms with van der Waals surface area (Å²) < 4.78 is 16.8. The van der Waals surface area contributed by atoms with Crippen molar-refractivity contribution in [1.82, 2.24) is 4.90 Å². The van der Waals surface area contributed by atoms with E-state index in [0.29, 0.717) is 43.5 Å². The van der Waals surface area contributed by atoms with Crippen LogP contribution in [0, 0.1) is 0 Å². The molecule has 1 amide bonds. The van der Waals surface area contributed by atoms with Crippen molar-refractivity contribution in [1.29, 1.82) is 0 Å². The van der Waals surface area contributed by atoms with Crippen LogP contribution in [0.15, 0.2) is 71.3 Å². The number of rotatable bonds is 7. The van der Waals surface area contributed by atoms with Gasteiger partial charge in [0.25, 0.3) is 0 Å². The summed E-state index contributed by atoms with van der Waals surface area (Å²) in [7, 11) is 0. The van der Waals surface area contributed by atoms with Crippen LogP contribution in [0.2, 0.25) is 0 Å². The number of nitrogens with zero attached hydrogens (tertiary/aromatic N) is 1. The molecular formula is C23H24N2O4. The average Bonchev–Trinajstić information content (AvgIpc) is 3.11. The van der Waals surface area contributed by atoms with Crippen LogP contribution in [0.25, 0.3) is 0 Å². The Labute approximate surface area is 170 Å². The minimum Gasteiger partial charge on any atom is -0.490 e. The van der Waals surface area contributed by atoms with Gasteiger partial charge in [-0.3, -0.25) is 9.69 Å². The van der Waals surface area contributed by atoms with Crippen molar-refractivity contribution in [3.05, 3.63) is 78.3 Å². The molecule has 1 aliphatic rings. The van der Waals surface area contributed by atoms with E-state index in [4.69, 9.17) is 13.9 Å². The van der Waals surface area contributed by atoms with Crippen LogP contribution in [-0.2, 0) is 17.9 Å². The van der Waals surface area contributed by atoms with E-state index in [-0.39, 0.29) is 12.5 Å². The maximum atomic E-state index is 12.7. The molecule has 1 aliphatic heterocycles.